The lowest BCUT2D eigenvalue weighted by Crippen LogP contribution is -2.20. The highest BCUT2D eigenvalue weighted by atomic mass is 32.2. The van der Waals surface area contributed by atoms with E-state index in [-0.39, 0.29) is 12.0 Å². The van der Waals surface area contributed by atoms with Crippen LogP contribution in [0.25, 0.3) is 21.7 Å². The maximum atomic E-state index is 10.6. The number of hydrogen-bond acceptors (Lipinski definition) is 6. The van der Waals surface area contributed by atoms with Crippen molar-refractivity contribution in [2.45, 2.75) is 37.3 Å². The van der Waals surface area contributed by atoms with Crippen LogP contribution in [0.1, 0.15) is 31.9 Å². The van der Waals surface area contributed by atoms with Crippen LogP contribution in [0.15, 0.2) is 83.2 Å². The van der Waals surface area contributed by atoms with Crippen molar-refractivity contribution < 1.29 is 9.84 Å². The molecule has 4 rings (SSSR count). The summed E-state index contributed by atoms with van der Waals surface area (Å²) in [5.74, 6) is 1.09. The highest BCUT2D eigenvalue weighted by Gasteiger charge is 2.18. The zero-order valence-corrected chi connectivity index (χ0v) is 21.7. The number of thioether (sulfide) groups is 1. The van der Waals surface area contributed by atoms with Crippen LogP contribution in [0.2, 0.25) is 0 Å². The summed E-state index contributed by atoms with van der Waals surface area (Å²) >= 11 is 2.99. The monoisotopic (exact) mass is 500 g/mol. The summed E-state index contributed by atoms with van der Waals surface area (Å²) in [7, 11) is 0. The van der Waals surface area contributed by atoms with E-state index in [4.69, 9.17) is 9.72 Å². The van der Waals surface area contributed by atoms with Crippen molar-refractivity contribution in [2.24, 2.45) is 0 Å². The molecule has 1 atom stereocenters. The Balaban J connectivity index is 1.50. The number of nitrogens with zero attached hydrogens (tertiary/aromatic N) is 2. The number of pyridine rings is 1. The second-order valence-electron chi connectivity index (χ2n) is 9.24. The molecule has 1 N–H and O–H groups in total. The van der Waals surface area contributed by atoms with Gasteiger partial charge >= 0.3 is 0 Å². The number of ether oxygens (including phenoxy) is 1. The molecule has 2 heterocycles. The van der Waals surface area contributed by atoms with Gasteiger partial charge < -0.3 is 9.84 Å². The number of thiophene rings is 1. The lowest BCUT2D eigenvalue weighted by Gasteiger charge is -2.19. The van der Waals surface area contributed by atoms with E-state index < -0.39 is 6.10 Å². The van der Waals surface area contributed by atoms with Gasteiger partial charge in [0.15, 0.2) is 0 Å². The average molecular weight is 501 g/mol. The standard InChI is InChI=1S/C29H28N2O2S2/c1-29(2,3)21-11-13-23(14-12-21)33-18-22(32)19-35-28-25(17-30)24(20-8-5-4-6-9-20)16-26(31-28)27-10-7-15-34-27/h4-16,22,32H,18-19H2,1-3H3. The molecule has 0 aliphatic heterocycles. The Bertz CT molecular complexity index is 1290. The van der Waals surface area contributed by atoms with E-state index in [2.05, 4.69) is 39.0 Å². The third kappa shape index (κ3) is 6.32. The van der Waals surface area contributed by atoms with E-state index >= 15 is 0 Å². The Kier molecular flexibility index (Phi) is 7.92. The van der Waals surface area contributed by atoms with E-state index in [1.165, 1.54) is 17.3 Å². The minimum Gasteiger partial charge on any atom is -0.491 e. The Morgan fingerprint density at radius 3 is 2.43 bits per heavy atom. The molecule has 2 aromatic carbocycles. The summed E-state index contributed by atoms with van der Waals surface area (Å²) in [6.07, 6.45) is -0.707. The predicted molar refractivity (Wildman–Crippen MR) is 145 cm³/mol. The van der Waals surface area contributed by atoms with Crippen LogP contribution in [0.4, 0.5) is 0 Å². The number of aliphatic hydroxyl groups is 1. The highest BCUT2D eigenvalue weighted by molar-refractivity contribution is 7.99. The van der Waals surface area contributed by atoms with Gasteiger partial charge in [-0.15, -0.1) is 23.1 Å². The second kappa shape index (κ2) is 11.1. The second-order valence-corrected chi connectivity index (χ2v) is 11.2. The summed E-state index contributed by atoms with van der Waals surface area (Å²) < 4.78 is 5.81. The van der Waals surface area contributed by atoms with E-state index in [0.29, 0.717) is 16.3 Å². The van der Waals surface area contributed by atoms with Crippen LogP contribution in [-0.2, 0) is 5.41 Å². The predicted octanol–water partition coefficient (Wildman–Crippen LogP) is 7.18. The van der Waals surface area contributed by atoms with E-state index in [1.54, 1.807) is 11.3 Å². The Morgan fingerprint density at radius 2 is 1.80 bits per heavy atom. The zero-order valence-electron chi connectivity index (χ0n) is 20.1. The number of benzene rings is 2. The molecule has 0 bridgehead atoms. The quantitative estimate of drug-likeness (QED) is 0.260. The largest absolute Gasteiger partial charge is 0.491 e. The molecule has 1 unspecified atom stereocenters. The normalized spacial score (nSPS) is 12.2. The fraction of sp³-hybridized carbons (Fsp3) is 0.241. The molecular formula is C29H28N2O2S2. The summed E-state index contributed by atoms with van der Waals surface area (Å²) in [6, 6.07) is 26.2. The molecule has 0 aliphatic rings. The zero-order chi connectivity index (χ0) is 24.8. The minimum atomic E-state index is -0.707. The van der Waals surface area contributed by atoms with E-state index in [0.717, 1.165) is 27.4 Å². The van der Waals surface area contributed by atoms with Crippen LogP contribution in [-0.4, -0.2) is 28.6 Å². The fourth-order valence-electron chi connectivity index (χ4n) is 3.60. The van der Waals surface area contributed by atoms with Crippen molar-refractivity contribution in [3.8, 4) is 33.5 Å². The molecule has 178 valence electrons. The average Bonchev–Trinajstić information content (AvgIpc) is 3.41. The summed E-state index contributed by atoms with van der Waals surface area (Å²) in [4.78, 5) is 5.83. The number of hydrogen-bond donors (Lipinski definition) is 1. The van der Waals surface area contributed by atoms with Gasteiger partial charge in [0.1, 0.15) is 23.5 Å². The third-order valence-corrected chi connectivity index (χ3v) is 7.54. The van der Waals surface area contributed by atoms with Gasteiger partial charge in [0.25, 0.3) is 0 Å². The van der Waals surface area contributed by atoms with Gasteiger partial charge in [0.05, 0.1) is 22.2 Å². The fourth-order valence-corrected chi connectivity index (χ4v) is 5.19. The summed E-state index contributed by atoms with van der Waals surface area (Å²) in [5.41, 5.74) is 4.47. The van der Waals surface area contributed by atoms with Crippen LogP contribution in [0.5, 0.6) is 5.75 Å². The van der Waals surface area contributed by atoms with Crippen LogP contribution >= 0.6 is 23.1 Å². The Morgan fingerprint density at radius 1 is 1.06 bits per heavy atom. The van der Waals surface area contributed by atoms with E-state index in [9.17, 15) is 10.4 Å². The van der Waals surface area contributed by atoms with Crippen LogP contribution < -0.4 is 4.74 Å². The van der Waals surface area contributed by atoms with Crippen molar-refractivity contribution in [1.29, 1.82) is 5.26 Å². The van der Waals surface area contributed by atoms with Gasteiger partial charge in [-0.2, -0.15) is 5.26 Å². The highest BCUT2D eigenvalue weighted by Crippen LogP contribution is 2.35. The maximum Gasteiger partial charge on any atom is 0.119 e. The van der Waals surface area contributed by atoms with Gasteiger partial charge in [0, 0.05) is 11.3 Å². The van der Waals surface area contributed by atoms with Gasteiger partial charge in [-0.25, -0.2) is 4.98 Å². The first kappa shape index (κ1) is 25.0. The number of nitriles is 1. The van der Waals surface area contributed by atoms with Gasteiger partial charge in [-0.3, -0.25) is 0 Å². The molecule has 0 amide bonds. The maximum absolute atomic E-state index is 10.6. The van der Waals surface area contributed by atoms with Crippen LogP contribution in [0.3, 0.4) is 0 Å². The van der Waals surface area contributed by atoms with Crippen molar-refractivity contribution in [1.82, 2.24) is 4.98 Å². The molecule has 0 saturated carbocycles. The minimum absolute atomic E-state index is 0.0797. The van der Waals surface area contributed by atoms with Gasteiger partial charge in [0.2, 0.25) is 0 Å². The third-order valence-electron chi connectivity index (χ3n) is 5.53. The molecule has 0 fully saturated rings. The molecular weight excluding hydrogens is 472 g/mol. The van der Waals surface area contributed by atoms with Gasteiger partial charge in [-0.05, 0) is 46.2 Å². The first-order valence-corrected chi connectivity index (χ1v) is 13.3. The number of rotatable bonds is 8. The van der Waals surface area contributed by atoms with Gasteiger partial charge in [-0.1, -0.05) is 69.3 Å². The first-order chi connectivity index (χ1) is 16.8. The Labute approximate surface area is 215 Å². The summed E-state index contributed by atoms with van der Waals surface area (Å²) in [6.45, 7) is 6.68. The molecule has 2 aromatic heterocycles. The van der Waals surface area contributed by atoms with Crippen LogP contribution in [0, 0.1) is 11.3 Å². The van der Waals surface area contributed by atoms with E-state index in [1.807, 2.05) is 66.0 Å². The lowest BCUT2D eigenvalue weighted by atomic mass is 9.87. The van der Waals surface area contributed by atoms with Crippen molar-refractivity contribution in [3.05, 3.63) is 89.3 Å². The first-order valence-electron chi connectivity index (χ1n) is 11.4. The molecule has 0 aliphatic carbocycles. The SMILES string of the molecule is CC(C)(C)c1ccc(OCC(O)CSc2nc(-c3cccs3)cc(-c3ccccc3)c2C#N)cc1. The topological polar surface area (TPSA) is 66.1 Å². The molecule has 4 nitrogen and oxygen atoms in total. The molecule has 0 saturated heterocycles. The summed E-state index contributed by atoms with van der Waals surface area (Å²) in [5, 5.41) is 23.2. The number of aromatic nitrogens is 1. The Hall–Kier alpha value is -3.11. The number of aliphatic hydroxyl groups excluding tert-OH is 1. The molecule has 0 radical (unpaired) electrons. The van der Waals surface area contributed by atoms with Crippen molar-refractivity contribution >= 4 is 23.1 Å². The molecule has 0 spiro atoms. The lowest BCUT2D eigenvalue weighted by molar-refractivity contribution is 0.126. The molecule has 35 heavy (non-hydrogen) atoms. The molecule has 4 aromatic rings. The smallest absolute Gasteiger partial charge is 0.119 e. The van der Waals surface area contributed by atoms with Crippen molar-refractivity contribution in [2.75, 3.05) is 12.4 Å². The molecule has 6 heteroatoms. The van der Waals surface area contributed by atoms with Crippen molar-refractivity contribution in [3.63, 3.8) is 0 Å².